The normalized spacial score (nSPS) is 16.1. The average Bonchev–Trinajstić information content (AvgIpc) is 2.44. The monoisotopic (exact) mass is 410 g/mol. The van der Waals surface area contributed by atoms with Crippen molar-refractivity contribution in [1.29, 1.82) is 0 Å². The van der Waals surface area contributed by atoms with Gasteiger partial charge in [-0.3, -0.25) is 8.32 Å². The predicted molar refractivity (Wildman–Crippen MR) is 74.8 cm³/mol. The van der Waals surface area contributed by atoms with Crippen LogP contribution in [0.1, 0.15) is 0 Å². The molecule has 0 aromatic heterocycles. The maximum atomic E-state index is 9.79. The van der Waals surface area contributed by atoms with Crippen molar-refractivity contribution in [3.05, 3.63) is 0 Å². The maximum absolute atomic E-state index is 9.79. The molecule has 0 saturated heterocycles. The first-order valence-electron chi connectivity index (χ1n) is 5.34. The van der Waals surface area contributed by atoms with E-state index in [0.717, 1.165) is 0 Å². The van der Waals surface area contributed by atoms with E-state index in [4.69, 9.17) is 25.5 Å². The summed E-state index contributed by atoms with van der Waals surface area (Å²) in [5, 5.41) is 55.2. The first kappa shape index (κ1) is 21.7. The lowest BCUT2D eigenvalue weighted by atomic mass is 10.0. The molecule has 0 radical (unpaired) electrons. The van der Waals surface area contributed by atoms with Gasteiger partial charge in [0.05, 0.1) is 35.6 Å². The van der Waals surface area contributed by atoms with Gasteiger partial charge >= 0.3 is 11.9 Å². The molecule has 10 nitrogen and oxygen atoms in total. The molecule has 0 bridgehead atoms. The number of carboxylic acids is 1. The highest BCUT2D eigenvalue weighted by atomic mass is 127. The van der Waals surface area contributed by atoms with E-state index in [1.165, 1.54) is 22.9 Å². The molecular weight excluding hydrogens is 391 g/mol. The lowest BCUT2D eigenvalue weighted by molar-refractivity contribution is -0.149. The molecule has 0 spiro atoms. The van der Waals surface area contributed by atoms with Gasteiger partial charge in [-0.1, -0.05) is 0 Å². The SMILES string of the molecule is CNC[C@H](O)[C@@H](O)[C@H](O)[C@H](O)CO.O=C(O)C(=O)NI. The molecular formula is C9H19IN2O8. The second-order valence-electron chi connectivity index (χ2n) is 3.58. The van der Waals surface area contributed by atoms with Crippen molar-refractivity contribution in [3.8, 4) is 0 Å². The van der Waals surface area contributed by atoms with Crippen LogP contribution in [0.25, 0.3) is 0 Å². The number of halogens is 1. The Morgan fingerprint density at radius 3 is 1.80 bits per heavy atom. The third-order valence-electron chi connectivity index (χ3n) is 2.02. The van der Waals surface area contributed by atoms with Crippen molar-refractivity contribution in [2.45, 2.75) is 24.4 Å². The molecule has 20 heavy (non-hydrogen) atoms. The first-order chi connectivity index (χ1) is 9.22. The first-order valence-corrected chi connectivity index (χ1v) is 6.42. The van der Waals surface area contributed by atoms with Crippen LogP contribution in [0.4, 0.5) is 0 Å². The molecule has 0 aliphatic rings. The van der Waals surface area contributed by atoms with Gasteiger partial charge in [0, 0.05) is 6.54 Å². The molecule has 0 aliphatic carbocycles. The zero-order valence-corrected chi connectivity index (χ0v) is 12.8. The van der Waals surface area contributed by atoms with Gasteiger partial charge in [0.15, 0.2) is 0 Å². The quantitative estimate of drug-likeness (QED) is 0.124. The van der Waals surface area contributed by atoms with E-state index >= 15 is 0 Å². The van der Waals surface area contributed by atoms with Gasteiger partial charge in [0.1, 0.15) is 18.3 Å². The summed E-state index contributed by atoms with van der Waals surface area (Å²) in [7, 11) is 1.57. The number of carbonyl (C=O) groups is 2. The Morgan fingerprint density at radius 2 is 1.55 bits per heavy atom. The molecule has 0 aliphatic heterocycles. The standard InChI is InChI=1S/C7H17NO5.C2H2INO3/c1-8-2-4(10)6(12)7(13)5(11)3-9;3-4-1(5)2(6)7/h4-13H,2-3H2,1H3;(H,4,5)(H,6,7)/t4-,5+,6+,7+;/m0./s1. The minimum atomic E-state index is -1.55. The van der Waals surface area contributed by atoms with E-state index in [2.05, 4.69) is 5.32 Å². The summed E-state index contributed by atoms with van der Waals surface area (Å²) >= 11 is 1.45. The fourth-order valence-electron chi connectivity index (χ4n) is 0.934. The van der Waals surface area contributed by atoms with E-state index in [-0.39, 0.29) is 6.54 Å². The molecule has 120 valence electrons. The van der Waals surface area contributed by atoms with Crippen LogP contribution in [-0.2, 0) is 9.59 Å². The second kappa shape index (κ2) is 12.2. The summed E-state index contributed by atoms with van der Waals surface area (Å²) in [5.41, 5.74) is 0. The van der Waals surface area contributed by atoms with Crippen molar-refractivity contribution in [1.82, 2.24) is 8.85 Å². The van der Waals surface area contributed by atoms with Crippen LogP contribution >= 0.6 is 22.9 Å². The Labute approximate surface area is 128 Å². The van der Waals surface area contributed by atoms with E-state index in [1.807, 2.05) is 3.53 Å². The number of likely N-dealkylation sites (N-methyl/N-ethyl adjacent to an activating group) is 1. The summed E-state index contributed by atoms with van der Waals surface area (Å²) in [6.07, 6.45) is -5.65. The highest BCUT2D eigenvalue weighted by molar-refractivity contribution is 14.1. The fourth-order valence-corrected chi connectivity index (χ4v) is 1.16. The Balaban J connectivity index is 0. The van der Waals surface area contributed by atoms with Crippen molar-refractivity contribution >= 4 is 34.7 Å². The summed E-state index contributed by atoms with van der Waals surface area (Å²) in [6.45, 7) is -0.569. The van der Waals surface area contributed by atoms with Gasteiger partial charge in [-0.25, -0.2) is 4.79 Å². The van der Waals surface area contributed by atoms with Crippen molar-refractivity contribution in [3.63, 3.8) is 0 Å². The summed E-state index contributed by atoms with van der Waals surface area (Å²) in [5.74, 6) is -2.46. The smallest absolute Gasteiger partial charge is 0.395 e. The Morgan fingerprint density at radius 1 is 1.10 bits per heavy atom. The summed E-state index contributed by atoms with van der Waals surface area (Å²) in [6, 6.07) is 0. The van der Waals surface area contributed by atoms with E-state index in [0.29, 0.717) is 0 Å². The molecule has 0 aromatic rings. The third kappa shape index (κ3) is 9.35. The minimum absolute atomic E-state index is 0.0936. The molecule has 0 unspecified atom stereocenters. The van der Waals surface area contributed by atoms with Crippen LogP contribution in [-0.4, -0.2) is 87.1 Å². The number of rotatable bonds is 6. The molecule has 8 N–H and O–H groups in total. The molecule has 0 aromatic carbocycles. The van der Waals surface area contributed by atoms with E-state index < -0.39 is 42.9 Å². The second-order valence-corrected chi connectivity index (χ2v) is 4.12. The molecule has 1 amide bonds. The Bertz CT molecular complexity index is 293. The molecule has 0 saturated carbocycles. The number of hydrogen-bond acceptors (Lipinski definition) is 8. The molecule has 0 rings (SSSR count). The molecule has 11 heteroatoms. The van der Waals surface area contributed by atoms with E-state index in [1.54, 1.807) is 7.05 Å². The lowest BCUT2D eigenvalue weighted by Gasteiger charge is -2.25. The fraction of sp³-hybridized carbons (Fsp3) is 0.778. The summed E-state index contributed by atoms with van der Waals surface area (Å²) in [4.78, 5) is 19.3. The lowest BCUT2D eigenvalue weighted by Crippen LogP contribution is -2.48. The Hall–Kier alpha value is -0.570. The van der Waals surface area contributed by atoms with Crippen molar-refractivity contribution in [2.75, 3.05) is 20.2 Å². The van der Waals surface area contributed by atoms with Crippen LogP contribution in [0, 0.1) is 0 Å². The molecule has 0 heterocycles. The zero-order chi connectivity index (χ0) is 16.3. The molecule has 0 fully saturated rings. The number of hydrogen-bond donors (Lipinski definition) is 8. The van der Waals surface area contributed by atoms with Crippen LogP contribution in [0.2, 0.25) is 0 Å². The van der Waals surface area contributed by atoms with Gasteiger partial charge in [-0.15, -0.1) is 0 Å². The number of aliphatic hydroxyl groups is 5. The topological polar surface area (TPSA) is 180 Å². The Kier molecular flexibility index (Phi) is 13.2. The van der Waals surface area contributed by atoms with Crippen molar-refractivity contribution < 1.29 is 40.2 Å². The van der Waals surface area contributed by atoms with Gasteiger partial charge in [-0.2, -0.15) is 0 Å². The molecule has 4 atom stereocenters. The minimum Gasteiger partial charge on any atom is -0.474 e. The van der Waals surface area contributed by atoms with E-state index in [9.17, 15) is 14.7 Å². The van der Waals surface area contributed by atoms with Crippen molar-refractivity contribution in [2.24, 2.45) is 0 Å². The van der Waals surface area contributed by atoms with Crippen LogP contribution in [0.3, 0.4) is 0 Å². The number of carboxylic acid groups (broad SMARTS) is 1. The largest absolute Gasteiger partial charge is 0.474 e. The number of aliphatic hydroxyl groups excluding tert-OH is 5. The highest BCUT2D eigenvalue weighted by Crippen LogP contribution is 2.04. The van der Waals surface area contributed by atoms with Gasteiger partial charge < -0.3 is 36.0 Å². The highest BCUT2D eigenvalue weighted by Gasteiger charge is 2.29. The van der Waals surface area contributed by atoms with Gasteiger partial charge in [-0.05, 0) is 7.05 Å². The summed E-state index contributed by atoms with van der Waals surface area (Å²) < 4.78 is 1.90. The number of carbonyl (C=O) groups excluding carboxylic acids is 1. The van der Waals surface area contributed by atoms with Crippen LogP contribution in [0.5, 0.6) is 0 Å². The predicted octanol–water partition coefficient (Wildman–Crippen LogP) is -3.82. The third-order valence-corrected chi connectivity index (χ3v) is 2.51. The number of amides is 1. The maximum Gasteiger partial charge on any atom is 0.395 e. The average molecular weight is 410 g/mol. The van der Waals surface area contributed by atoms with Crippen LogP contribution < -0.4 is 8.85 Å². The number of nitrogens with one attached hydrogen (secondary N) is 2. The van der Waals surface area contributed by atoms with Crippen LogP contribution in [0.15, 0.2) is 0 Å². The number of aliphatic carboxylic acids is 1. The van der Waals surface area contributed by atoms with Gasteiger partial charge in [0.2, 0.25) is 0 Å². The van der Waals surface area contributed by atoms with Gasteiger partial charge in [0.25, 0.3) is 0 Å². The zero-order valence-electron chi connectivity index (χ0n) is 10.6.